The molecule has 0 spiro atoms. The van der Waals surface area contributed by atoms with Crippen LogP contribution in [0.15, 0.2) is 0 Å². The molecule has 0 amide bonds. The lowest BCUT2D eigenvalue weighted by molar-refractivity contribution is -0.950. The monoisotopic (exact) mass is 246 g/mol. The molecule has 0 aliphatic rings. The molecule has 6 heteroatoms. The second-order valence-corrected chi connectivity index (χ2v) is 4.46. The molecule has 0 saturated heterocycles. The molecule has 1 atom stereocenters. The van der Waals surface area contributed by atoms with E-state index in [9.17, 15) is 19.5 Å². The summed E-state index contributed by atoms with van der Waals surface area (Å²) in [5.41, 5.74) is 0. The van der Waals surface area contributed by atoms with Gasteiger partial charge < -0.3 is 10.2 Å². The number of quaternary nitrogens is 1. The van der Waals surface area contributed by atoms with Crippen LogP contribution in [-0.2, 0) is 14.4 Å². The number of carbonyl (C=O) groups is 3. The van der Waals surface area contributed by atoms with Crippen LogP contribution in [0.4, 0.5) is 0 Å². The van der Waals surface area contributed by atoms with Gasteiger partial charge in [-0.2, -0.15) is 0 Å². The first-order chi connectivity index (χ1) is 7.73. The Kier molecular flexibility index (Phi) is 6.15. The number of Topliss-reactive ketones (excluding diaryl/α,β-unsaturated/α-hetero) is 3. The SMILES string of the molecule is CC(=O)C[N+](CC(C)=O)(CC(C)=O)C(O)CO. The molecule has 0 radical (unpaired) electrons. The standard InChI is InChI=1S/C11H20NO5/c1-8(14)4-12(5-9(2)15,6-10(3)16)11(17)7-13/h11,13,17H,4-7H2,1-3H3/q+1. The highest BCUT2D eigenvalue weighted by Gasteiger charge is 2.39. The van der Waals surface area contributed by atoms with Crippen LogP contribution in [0.3, 0.4) is 0 Å². The van der Waals surface area contributed by atoms with E-state index in [4.69, 9.17) is 5.11 Å². The molecular formula is C11H20NO5+. The fraction of sp³-hybridized carbons (Fsp3) is 0.727. The highest BCUT2D eigenvalue weighted by atomic mass is 16.3. The van der Waals surface area contributed by atoms with Crippen molar-refractivity contribution in [3.05, 3.63) is 0 Å². The van der Waals surface area contributed by atoms with Gasteiger partial charge in [-0.05, 0) is 0 Å². The van der Waals surface area contributed by atoms with Gasteiger partial charge in [-0.25, -0.2) is 0 Å². The van der Waals surface area contributed by atoms with Crippen LogP contribution in [0.1, 0.15) is 20.8 Å². The number of carbonyl (C=O) groups excluding carboxylic acids is 3. The fourth-order valence-corrected chi connectivity index (χ4v) is 1.99. The van der Waals surface area contributed by atoms with E-state index in [0.717, 1.165) is 0 Å². The van der Waals surface area contributed by atoms with Crippen molar-refractivity contribution in [2.45, 2.75) is 27.0 Å². The summed E-state index contributed by atoms with van der Waals surface area (Å²) in [5.74, 6) is -0.750. The summed E-state index contributed by atoms with van der Waals surface area (Å²) in [4.78, 5) is 33.6. The molecule has 98 valence electrons. The molecule has 0 bridgehead atoms. The third-order valence-corrected chi connectivity index (χ3v) is 2.41. The molecule has 0 aromatic rings. The second-order valence-electron chi connectivity index (χ2n) is 4.46. The van der Waals surface area contributed by atoms with Crippen molar-refractivity contribution in [1.82, 2.24) is 0 Å². The normalized spacial score (nSPS) is 13.2. The summed E-state index contributed by atoms with van der Waals surface area (Å²) in [6, 6.07) is 0. The molecule has 0 aliphatic heterocycles. The zero-order valence-corrected chi connectivity index (χ0v) is 10.5. The fourth-order valence-electron chi connectivity index (χ4n) is 1.99. The molecule has 2 N–H and O–H groups in total. The molecule has 0 aromatic heterocycles. The van der Waals surface area contributed by atoms with Gasteiger partial charge >= 0.3 is 0 Å². The summed E-state index contributed by atoms with van der Waals surface area (Å²) in [6.45, 7) is 2.89. The molecule has 0 saturated carbocycles. The number of rotatable bonds is 8. The van der Waals surface area contributed by atoms with Crippen LogP contribution < -0.4 is 0 Å². The number of hydrogen-bond acceptors (Lipinski definition) is 5. The third-order valence-electron chi connectivity index (χ3n) is 2.41. The number of nitrogens with zero attached hydrogens (tertiary/aromatic N) is 1. The van der Waals surface area contributed by atoms with Gasteiger partial charge in [-0.3, -0.25) is 18.9 Å². The van der Waals surface area contributed by atoms with Gasteiger partial charge in [0, 0.05) is 20.8 Å². The van der Waals surface area contributed by atoms with Crippen molar-refractivity contribution in [2.24, 2.45) is 0 Å². The predicted molar refractivity (Wildman–Crippen MR) is 60.0 cm³/mol. The quantitative estimate of drug-likeness (QED) is 0.418. The van der Waals surface area contributed by atoms with Gasteiger partial charge in [-0.15, -0.1) is 0 Å². The van der Waals surface area contributed by atoms with Crippen molar-refractivity contribution in [3.8, 4) is 0 Å². The summed E-state index contributed by atoms with van der Waals surface area (Å²) in [7, 11) is 0. The predicted octanol–water partition coefficient (Wildman–Crippen LogP) is -1.12. The molecule has 17 heavy (non-hydrogen) atoms. The van der Waals surface area contributed by atoms with Gasteiger partial charge in [0.05, 0.1) is 0 Å². The minimum absolute atomic E-state index is 0.152. The Morgan fingerprint density at radius 2 is 1.24 bits per heavy atom. The van der Waals surface area contributed by atoms with E-state index in [1.165, 1.54) is 20.8 Å². The minimum Gasteiger partial charge on any atom is -0.387 e. The van der Waals surface area contributed by atoms with E-state index >= 15 is 0 Å². The van der Waals surface area contributed by atoms with Crippen LogP contribution in [0.2, 0.25) is 0 Å². The summed E-state index contributed by atoms with van der Waals surface area (Å²) in [5, 5.41) is 18.8. The van der Waals surface area contributed by atoms with Crippen molar-refractivity contribution < 1.29 is 29.1 Å². The smallest absolute Gasteiger partial charge is 0.215 e. The molecule has 0 rings (SSSR count). The van der Waals surface area contributed by atoms with Crippen molar-refractivity contribution in [3.63, 3.8) is 0 Å². The highest BCUT2D eigenvalue weighted by Crippen LogP contribution is 2.13. The molecule has 0 aliphatic carbocycles. The van der Waals surface area contributed by atoms with E-state index < -0.39 is 17.3 Å². The summed E-state index contributed by atoms with van der Waals surface area (Å²) in [6.07, 6.45) is -1.31. The average Bonchev–Trinajstić information content (AvgIpc) is 2.12. The zero-order chi connectivity index (χ0) is 13.6. The Morgan fingerprint density at radius 1 is 0.941 bits per heavy atom. The maximum absolute atomic E-state index is 11.2. The van der Waals surface area contributed by atoms with Crippen LogP contribution in [0, 0.1) is 0 Å². The van der Waals surface area contributed by atoms with Gasteiger partial charge in [0.2, 0.25) is 6.23 Å². The Balaban J connectivity index is 5.24. The number of ketones is 3. The Labute approximate surface area is 100 Å². The largest absolute Gasteiger partial charge is 0.387 e. The Hall–Kier alpha value is -1.11. The van der Waals surface area contributed by atoms with Gasteiger partial charge in [0.1, 0.15) is 26.2 Å². The summed E-state index contributed by atoms with van der Waals surface area (Å²) >= 11 is 0. The number of hydrogen-bond donors (Lipinski definition) is 2. The zero-order valence-electron chi connectivity index (χ0n) is 10.5. The first kappa shape index (κ1) is 15.9. The molecule has 6 nitrogen and oxygen atoms in total. The molecular weight excluding hydrogens is 226 g/mol. The Morgan fingerprint density at radius 3 is 1.41 bits per heavy atom. The lowest BCUT2D eigenvalue weighted by atomic mass is 10.2. The van der Waals surface area contributed by atoms with Crippen LogP contribution in [0.5, 0.6) is 0 Å². The first-order valence-corrected chi connectivity index (χ1v) is 5.36. The van der Waals surface area contributed by atoms with Crippen LogP contribution >= 0.6 is 0 Å². The van der Waals surface area contributed by atoms with Gasteiger partial charge in [-0.1, -0.05) is 0 Å². The van der Waals surface area contributed by atoms with Crippen molar-refractivity contribution in [2.75, 3.05) is 26.2 Å². The summed E-state index contributed by atoms with van der Waals surface area (Å²) < 4.78 is -0.420. The molecule has 0 fully saturated rings. The van der Waals surface area contributed by atoms with Crippen molar-refractivity contribution in [1.29, 1.82) is 0 Å². The van der Waals surface area contributed by atoms with E-state index in [2.05, 4.69) is 0 Å². The Bertz CT molecular complexity index is 272. The van der Waals surface area contributed by atoms with E-state index in [0.29, 0.717) is 0 Å². The second kappa shape index (κ2) is 6.58. The van der Waals surface area contributed by atoms with E-state index in [-0.39, 0.29) is 37.0 Å². The van der Waals surface area contributed by atoms with Gasteiger partial charge in [0.15, 0.2) is 17.3 Å². The molecule has 0 aromatic carbocycles. The van der Waals surface area contributed by atoms with Crippen molar-refractivity contribution >= 4 is 17.3 Å². The van der Waals surface area contributed by atoms with E-state index in [1.807, 2.05) is 0 Å². The lowest BCUT2D eigenvalue weighted by Gasteiger charge is -2.39. The first-order valence-electron chi connectivity index (χ1n) is 5.36. The van der Waals surface area contributed by atoms with Crippen LogP contribution in [-0.4, -0.2) is 64.5 Å². The minimum atomic E-state index is -1.31. The highest BCUT2D eigenvalue weighted by molar-refractivity contribution is 5.81. The van der Waals surface area contributed by atoms with Gasteiger partial charge in [0.25, 0.3) is 0 Å². The van der Waals surface area contributed by atoms with Crippen LogP contribution in [0.25, 0.3) is 0 Å². The topological polar surface area (TPSA) is 91.7 Å². The maximum atomic E-state index is 11.2. The number of aliphatic hydroxyl groups is 2. The maximum Gasteiger partial charge on any atom is 0.215 e. The molecule has 0 heterocycles. The third kappa shape index (κ3) is 5.16. The number of aliphatic hydroxyl groups excluding tert-OH is 2. The average molecular weight is 246 g/mol. The molecule has 1 unspecified atom stereocenters. The van der Waals surface area contributed by atoms with E-state index in [1.54, 1.807) is 0 Å². The lowest BCUT2D eigenvalue weighted by Crippen LogP contribution is -2.62.